The van der Waals surface area contributed by atoms with Crippen molar-refractivity contribution in [3.05, 3.63) is 29.8 Å². The van der Waals surface area contributed by atoms with Crippen LogP contribution in [-0.2, 0) is 5.92 Å². The minimum atomic E-state index is -4.25. The fourth-order valence-corrected chi connectivity index (χ4v) is 4.25. The Morgan fingerprint density at radius 2 is 1.48 bits per heavy atom. The highest BCUT2D eigenvalue weighted by atomic mass is 32.2. The van der Waals surface area contributed by atoms with Crippen LogP contribution in [0.3, 0.4) is 0 Å². The molecule has 0 heterocycles. The summed E-state index contributed by atoms with van der Waals surface area (Å²) >= 11 is -0.0979. The molecule has 1 aromatic carbocycles. The van der Waals surface area contributed by atoms with Crippen LogP contribution in [0, 0.1) is 11.8 Å². The predicted molar refractivity (Wildman–Crippen MR) is 101 cm³/mol. The molecule has 0 bridgehead atoms. The number of hydrogen-bond donors (Lipinski definition) is 0. The molecule has 0 radical (unpaired) electrons. The molecule has 0 nitrogen and oxygen atoms in total. The molecule has 1 aliphatic rings. The van der Waals surface area contributed by atoms with Crippen molar-refractivity contribution >= 4 is 12.1 Å². The predicted octanol–water partition coefficient (Wildman–Crippen LogP) is 8.56. The topological polar surface area (TPSA) is 0 Å². The largest absolute Gasteiger partial charge is 0.335 e. The molecule has 0 unspecified atom stereocenters. The van der Waals surface area contributed by atoms with Crippen LogP contribution in [0.1, 0.15) is 76.7 Å². The average molecular weight is 409 g/mol. The van der Waals surface area contributed by atoms with Crippen LogP contribution in [-0.4, -0.2) is 5.92 Å². The van der Waals surface area contributed by atoms with Crippen LogP contribution in [0.15, 0.2) is 29.2 Å². The second kappa shape index (κ2) is 10.1. The van der Waals surface area contributed by atoms with Gasteiger partial charge in [-0.3, -0.25) is 0 Å². The Bertz CT molecular complexity index is 550. The number of unbranched alkanes of at least 4 members (excludes halogenated alkanes) is 4. The number of alkyl halides is 4. The van der Waals surface area contributed by atoms with Crippen molar-refractivity contribution in [2.24, 2.45) is 11.8 Å². The van der Waals surface area contributed by atoms with E-state index in [4.69, 9.17) is 0 Å². The fraction of sp³-hybridized carbons (Fsp3) is 0.714. The minimum absolute atomic E-state index is 0.0979. The average Bonchev–Trinajstić information content (AvgIpc) is 2.68. The fourth-order valence-electron chi connectivity index (χ4n) is 4.01. The van der Waals surface area contributed by atoms with Crippen LogP contribution in [0.2, 0.25) is 0 Å². The maximum Gasteiger partial charge on any atom is 0.335 e. The lowest BCUT2D eigenvalue weighted by atomic mass is 9.75. The van der Waals surface area contributed by atoms with Gasteiger partial charge in [-0.1, -0.05) is 57.6 Å². The van der Waals surface area contributed by atoms with Gasteiger partial charge in [-0.2, -0.15) is 21.4 Å². The normalized spacial score (nSPS) is 21.4. The molecule has 154 valence electrons. The van der Waals surface area contributed by atoms with Crippen molar-refractivity contribution in [1.29, 1.82) is 0 Å². The van der Waals surface area contributed by atoms with E-state index in [-0.39, 0.29) is 29.9 Å². The summed E-state index contributed by atoms with van der Waals surface area (Å²) in [7, 11) is 0. The summed E-state index contributed by atoms with van der Waals surface area (Å²) in [5.74, 6) is -9.26. The lowest BCUT2D eigenvalue weighted by molar-refractivity contribution is -0.249. The maximum atomic E-state index is 14.6. The Kier molecular flexibility index (Phi) is 8.44. The van der Waals surface area contributed by atoms with Gasteiger partial charge in [0.05, 0.1) is 12.1 Å². The minimum Gasteiger partial charge on any atom is -0.199 e. The molecule has 0 aliphatic heterocycles. The Balaban J connectivity index is 1.90. The summed E-state index contributed by atoms with van der Waals surface area (Å²) in [6.07, 6.45) is 8.36. The first-order valence-electron chi connectivity index (χ1n) is 9.97. The number of halogens is 5. The summed E-state index contributed by atoms with van der Waals surface area (Å²) in [5, 5.41) is 0. The molecule has 1 aromatic rings. The molecule has 0 atom stereocenters. The maximum absolute atomic E-state index is 14.6. The molecule has 1 saturated carbocycles. The quantitative estimate of drug-likeness (QED) is 0.276. The van der Waals surface area contributed by atoms with Gasteiger partial charge < -0.3 is 0 Å². The van der Waals surface area contributed by atoms with Crippen LogP contribution in [0.4, 0.5) is 21.4 Å². The van der Waals surface area contributed by atoms with Gasteiger partial charge in [0.2, 0.25) is 0 Å². The van der Waals surface area contributed by atoms with Crippen LogP contribution >= 0.6 is 12.1 Å². The summed E-state index contributed by atoms with van der Waals surface area (Å²) < 4.78 is 70.8. The third-order valence-corrected chi connectivity index (χ3v) is 6.25. The molecule has 6 heteroatoms. The van der Waals surface area contributed by atoms with E-state index in [2.05, 4.69) is 6.92 Å². The van der Waals surface area contributed by atoms with Gasteiger partial charge in [-0.15, -0.1) is 0 Å². The second-order valence-electron chi connectivity index (χ2n) is 7.72. The summed E-state index contributed by atoms with van der Waals surface area (Å²) in [4.78, 5) is 0.123. The van der Waals surface area contributed by atoms with Gasteiger partial charge in [0, 0.05) is 16.4 Å². The highest BCUT2D eigenvalue weighted by molar-refractivity contribution is 7.94. The van der Waals surface area contributed by atoms with Gasteiger partial charge in [-0.05, 0) is 43.7 Å². The van der Waals surface area contributed by atoms with E-state index < -0.39 is 23.3 Å². The zero-order valence-corrected chi connectivity index (χ0v) is 16.6. The van der Waals surface area contributed by atoms with E-state index in [1.54, 1.807) is 0 Å². The first-order chi connectivity index (χ1) is 12.8. The van der Waals surface area contributed by atoms with Crippen molar-refractivity contribution < 1.29 is 21.4 Å². The first-order valence-corrected chi connectivity index (χ1v) is 10.7. The van der Waals surface area contributed by atoms with E-state index in [0.717, 1.165) is 43.5 Å². The van der Waals surface area contributed by atoms with Crippen LogP contribution in [0.5, 0.6) is 0 Å². The van der Waals surface area contributed by atoms with Crippen LogP contribution in [0.25, 0.3) is 0 Å². The highest BCUT2D eigenvalue weighted by Gasteiger charge is 2.61. The number of rotatable bonds is 10. The molecular weight excluding hydrogens is 379 g/mol. The Morgan fingerprint density at radius 1 is 0.889 bits per heavy atom. The SMILES string of the molecule is CCCCCCCC1CCC(C(F)(F)C(F)(F)c2ccc(SF)cc2)CC1. The Labute approximate surface area is 163 Å². The lowest BCUT2D eigenvalue weighted by Crippen LogP contribution is -2.45. The molecular formula is C21H29F5S. The number of hydrogen-bond acceptors (Lipinski definition) is 1. The number of benzene rings is 1. The van der Waals surface area contributed by atoms with Crippen LogP contribution < -0.4 is 0 Å². The van der Waals surface area contributed by atoms with E-state index in [1.165, 1.54) is 19.3 Å². The molecule has 0 N–H and O–H groups in total. The van der Waals surface area contributed by atoms with E-state index >= 15 is 0 Å². The smallest absolute Gasteiger partial charge is 0.199 e. The van der Waals surface area contributed by atoms with Gasteiger partial charge in [0.25, 0.3) is 0 Å². The zero-order chi connectivity index (χ0) is 19.9. The summed E-state index contributed by atoms with van der Waals surface area (Å²) in [6, 6.07) is 4.02. The zero-order valence-electron chi connectivity index (χ0n) is 15.8. The third kappa shape index (κ3) is 5.61. The second-order valence-corrected chi connectivity index (χ2v) is 8.35. The van der Waals surface area contributed by atoms with Gasteiger partial charge >= 0.3 is 11.8 Å². The van der Waals surface area contributed by atoms with Gasteiger partial charge in [-0.25, -0.2) is 0 Å². The van der Waals surface area contributed by atoms with E-state index in [9.17, 15) is 21.4 Å². The summed E-state index contributed by atoms with van der Waals surface area (Å²) in [5.41, 5.74) is -0.747. The molecule has 0 aromatic heterocycles. The van der Waals surface area contributed by atoms with Crippen molar-refractivity contribution in [2.45, 2.75) is 87.9 Å². The highest BCUT2D eigenvalue weighted by Crippen LogP contribution is 2.52. The molecule has 1 aliphatic carbocycles. The first kappa shape index (κ1) is 22.5. The van der Waals surface area contributed by atoms with Crippen molar-refractivity contribution in [3.63, 3.8) is 0 Å². The summed E-state index contributed by atoms with van der Waals surface area (Å²) in [6.45, 7) is 2.16. The monoisotopic (exact) mass is 408 g/mol. The Morgan fingerprint density at radius 3 is 2.04 bits per heavy atom. The molecule has 2 rings (SSSR count). The van der Waals surface area contributed by atoms with Crippen molar-refractivity contribution in [2.75, 3.05) is 0 Å². The molecule has 0 amide bonds. The molecule has 0 saturated heterocycles. The molecule has 0 spiro atoms. The lowest BCUT2D eigenvalue weighted by Gasteiger charge is -2.37. The van der Waals surface area contributed by atoms with Crippen molar-refractivity contribution in [3.8, 4) is 0 Å². The van der Waals surface area contributed by atoms with E-state index in [0.29, 0.717) is 18.8 Å². The molecule has 27 heavy (non-hydrogen) atoms. The van der Waals surface area contributed by atoms with Gasteiger partial charge in [0.15, 0.2) is 0 Å². The standard InChI is InChI=1S/C21H29F5S/c1-2-3-4-5-6-7-16-8-10-17(11-9-16)20(22,23)21(24,25)18-12-14-19(27-26)15-13-18/h12-17H,2-11H2,1H3. The van der Waals surface area contributed by atoms with Gasteiger partial charge in [0.1, 0.15) is 0 Å². The molecule has 1 fully saturated rings. The third-order valence-electron chi connectivity index (χ3n) is 5.80. The van der Waals surface area contributed by atoms with E-state index in [1.807, 2.05) is 0 Å². The van der Waals surface area contributed by atoms with Crippen molar-refractivity contribution in [1.82, 2.24) is 0 Å². The Hall–Kier alpha value is -0.780.